The normalized spacial score (nSPS) is 23.2. The number of nitrogens with one attached hydrogen (secondary N) is 1. The van der Waals surface area contributed by atoms with E-state index in [1.165, 1.54) is 5.56 Å². The third kappa shape index (κ3) is 3.57. The van der Waals surface area contributed by atoms with Crippen LogP contribution in [-0.2, 0) is 0 Å². The van der Waals surface area contributed by atoms with E-state index in [0.29, 0.717) is 0 Å². The molecule has 2 aliphatic heterocycles. The van der Waals surface area contributed by atoms with Gasteiger partial charge in [-0.15, -0.1) is 0 Å². The van der Waals surface area contributed by atoms with Crippen LogP contribution >= 0.6 is 11.6 Å². The number of imidazole rings is 1. The van der Waals surface area contributed by atoms with Crippen molar-refractivity contribution in [1.29, 1.82) is 0 Å². The largest absolute Gasteiger partial charge is 0.355 e. The summed E-state index contributed by atoms with van der Waals surface area (Å²) in [6, 6.07) is 10.8. The van der Waals surface area contributed by atoms with Gasteiger partial charge < -0.3 is 15.1 Å². The van der Waals surface area contributed by atoms with E-state index >= 15 is 0 Å². The van der Waals surface area contributed by atoms with E-state index in [9.17, 15) is 0 Å². The van der Waals surface area contributed by atoms with Gasteiger partial charge >= 0.3 is 0 Å². The van der Waals surface area contributed by atoms with Crippen LogP contribution < -0.4 is 10.2 Å². The predicted molar refractivity (Wildman–Crippen MR) is 121 cm³/mol. The molecular weight excluding hydrogens is 396 g/mol. The molecule has 5 rings (SSSR count). The summed E-state index contributed by atoms with van der Waals surface area (Å²) in [5.41, 5.74) is 4.25. The Morgan fingerprint density at radius 3 is 2.53 bits per heavy atom. The molecule has 0 aliphatic carbocycles. The van der Waals surface area contributed by atoms with Crippen LogP contribution in [0.15, 0.2) is 36.5 Å². The monoisotopic (exact) mass is 424 g/mol. The topological polar surface area (TPSA) is 48.7 Å². The second kappa shape index (κ2) is 8.17. The summed E-state index contributed by atoms with van der Waals surface area (Å²) < 4.78 is 2.12. The third-order valence-electron chi connectivity index (χ3n) is 6.52. The Morgan fingerprint density at radius 2 is 1.77 bits per heavy atom. The van der Waals surface area contributed by atoms with Crippen LogP contribution in [0.25, 0.3) is 5.65 Å². The maximum Gasteiger partial charge on any atom is 0.139 e. The number of likely N-dealkylation sites (N-methyl/N-ethyl adjacent to an activating group) is 1. The standard InChI is InChI=1S/C23H29ClN6/c1-16-6-5-11-25-21(16)17-7-3-8-18(26-17)22-23(24)30-19(27-22)9-4-10-20(30)29-14-12-28(2)13-15-29/h4-6,9-11,17-18,26H,3,7-8,12-15H2,1-2H3. The molecule has 0 aromatic carbocycles. The van der Waals surface area contributed by atoms with E-state index in [0.717, 1.165) is 73.4 Å². The SMILES string of the molecule is Cc1cccnc1C1CCCC(c2nc3cccc(N4CCN(C)CC4)n3c2Cl)N1. The molecule has 2 unspecified atom stereocenters. The second-order valence-corrected chi connectivity index (χ2v) is 8.92. The highest BCUT2D eigenvalue weighted by Gasteiger charge is 2.30. The molecule has 0 spiro atoms. The molecule has 0 bridgehead atoms. The first kappa shape index (κ1) is 19.8. The number of piperazine rings is 1. The third-order valence-corrected chi connectivity index (χ3v) is 6.88. The first-order valence-corrected chi connectivity index (χ1v) is 11.3. The van der Waals surface area contributed by atoms with E-state index in [1.807, 2.05) is 12.3 Å². The molecule has 2 aliphatic rings. The van der Waals surface area contributed by atoms with Gasteiger partial charge in [-0.25, -0.2) is 4.98 Å². The fraction of sp³-hybridized carbons (Fsp3) is 0.478. The summed E-state index contributed by atoms with van der Waals surface area (Å²) in [6.07, 6.45) is 5.14. The minimum atomic E-state index is 0.137. The Bertz CT molecular complexity index is 1040. The quantitative estimate of drug-likeness (QED) is 0.688. The first-order chi connectivity index (χ1) is 14.6. The highest BCUT2D eigenvalue weighted by atomic mass is 35.5. The molecule has 3 aromatic heterocycles. The zero-order valence-corrected chi connectivity index (χ0v) is 18.4. The number of piperidine rings is 1. The van der Waals surface area contributed by atoms with Gasteiger partial charge in [0.15, 0.2) is 0 Å². The van der Waals surface area contributed by atoms with Crippen molar-refractivity contribution < 1.29 is 0 Å². The van der Waals surface area contributed by atoms with Crippen molar-refractivity contribution in [3.63, 3.8) is 0 Å². The van der Waals surface area contributed by atoms with Gasteiger partial charge in [-0.3, -0.25) is 9.38 Å². The van der Waals surface area contributed by atoms with Gasteiger partial charge in [0.05, 0.1) is 23.5 Å². The molecule has 30 heavy (non-hydrogen) atoms. The maximum atomic E-state index is 6.98. The lowest BCUT2D eigenvalue weighted by atomic mass is 9.93. The average Bonchev–Trinajstić information content (AvgIpc) is 3.12. The first-order valence-electron chi connectivity index (χ1n) is 10.9. The van der Waals surface area contributed by atoms with Gasteiger partial charge in [-0.05, 0) is 57.0 Å². The van der Waals surface area contributed by atoms with Gasteiger partial charge in [0, 0.05) is 32.4 Å². The molecule has 0 saturated carbocycles. The van der Waals surface area contributed by atoms with Crippen molar-refractivity contribution in [1.82, 2.24) is 24.6 Å². The van der Waals surface area contributed by atoms with Crippen LogP contribution in [0.1, 0.15) is 48.3 Å². The van der Waals surface area contributed by atoms with Gasteiger partial charge in [0.2, 0.25) is 0 Å². The smallest absolute Gasteiger partial charge is 0.139 e. The van der Waals surface area contributed by atoms with E-state index in [2.05, 4.69) is 62.7 Å². The van der Waals surface area contributed by atoms with Gasteiger partial charge in [0.1, 0.15) is 16.6 Å². The number of aromatic nitrogens is 3. The molecule has 158 valence electrons. The minimum absolute atomic E-state index is 0.137. The number of fused-ring (bicyclic) bond motifs is 1. The molecule has 7 heteroatoms. The molecule has 0 amide bonds. The molecule has 2 fully saturated rings. The molecule has 2 atom stereocenters. The summed E-state index contributed by atoms with van der Waals surface area (Å²) in [7, 11) is 2.18. The fourth-order valence-electron chi connectivity index (χ4n) is 4.79. The molecule has 3 aromatic rings. The number of hydrogen-bond donors (Lipinski definition) is 1. The number of anilines is 1. The van der Waals surface area contributed by atoms with Crippen LogP contribution in [-0.4, -0.2) is 52.5 Å². The lowest BCUT2D eigenvalue weighted by Crippen LogP contribution is -2.45. The van der Waals surface area contributed by atoms with E-state index in [-0.39, 0.29) is 12.1 Å². The summed E-state index contributed by atoms with van der Waals surface area (Å²) in [5, 5.41) is 4.52. The van der Waals surface area contributed by atoms with Crippen molar-refractivity contribution in [2.75, 3.05) is 38.1 Å². The van der Waals surface area contributed by atoms with Crippen LogP contribution in [0.4, 0.5) is 5.82 Å². The van der Waals surface area contributed by atoms with Crippen LogP contribution in [0.3, 0.4) is 0 Å². The van der Waals surface area contributed by atoms with E-state index < -0.39 is 0 Å². The van der Waals surface area contributed by atoms with Crippen LogP contribution in [0.2, 0.25) is 5.15 Å². The Labute approximate surface area is 182 Å². The maximum absolute atomic E-state index is 6.98. The van der Waals surface area contributed by atoms with Crippen LogP contribution in [0, 0.1) is 6.92 Å². The number of halogens is 1. The molecular formula is C23H29ClN6. The number of rotatable bonds is 3. The second-order valence-electron chi connectivity index (χ2n) is 8.56. The van der Waals surface area contributed by atoms with Gasteiger partial charge in [-0.2, -0.15) is 0 Å². The zero-order chi connectivity index (χ0) is 20.7. The molecule has 2 saturated heterocycles. The van der Waals surface area contributed by atoms with Crippen LogP contribution in [0.5, 0.6) is 0 Å². The van der Waals surface area contributed by atoms with Gasteiger partial charge in [-0.1, -0.05) is 23.7 Å². The summed E-state index contributed by atoms with van der Waals surface area (Å²) in [6.45, 7) is 6.26. The van der Waals surface area contributed by atoms with Crippen molar-refractivity contribution in [3.05, 3.63) is 58.6 Å². The van der Waals surface area contributed by atoms with Crippen molar-refractivity contribution in [2.24, 2.45) is 0 Å². The Balaban J connectivity index is 1.47. The summed E-state index contributed by atoms with van der Waals surface area (Å²) in [4.78, 5) is 14.4. The zero-order valence-electron chi connectivity index (χ0n) is 17.7. The minimum Gasteiger partial charge on any atom is -0.355 e. The number of pyridine rings is 2. The fourth-order valence-corrected chi connectivity index (χ4v) is 5.14. The lowest BCUT2D eigenvalue weighted by molar-refractivity contribution is 0.311. The number of hydrogen-bond acceptors (Lipinski definition) is 5. The molecule has 1 N–H and O–H groups in total. The average molecular weight is 425 g/mol. The molecule has 0 radical (unpaired) electrons. The van der Waals surface area contributed by atoms with Crippen molar-refractivity contribution >= 4 is 23.1 Å². The van der Waals surface area contributed by atoms with Gasteiger partial charge in [0.25, 0.3) is 0 Å². The summed E-state index contributed by atoms with van der Waals surface area (Å²) in [5.74, 6) is 1.14. The van der Waals surface area contributed by atoms with Crippen molar-refractivity contribution in [2.45, 2.75) is 38.3 Å². The van der Waals surface area contributed by atoms with Crippen molar-refractivity contribution in [3.8, 4) is 0 Å². The van der Waals surface area contributed by atoms with E-state index in [4.69, 9.17) is 16.6 Å². The number of aryl methyl sites for hydroxylation is 1. The Hall–Kier alpha value is -2.15. The lowest BCUT2D eigenvalue weighted by Gasteiger charge is -2.34. The molecule has 5 heterocycles. The highest BCUT2D eigenvalue weighted by molar-refractivity contribution is 6.30. The predicted octanol–water partition coefficient (Wildman–Crippen LogP) is 4.00. The Morgan fingerprint density at radius 1 is 1.00 bits per heavy atom. The van der Waals surface area contributed by atoms with E-state index in [1.54, 1.807) is 0 Å². The number of nitrogens with zero attached hydrogens (tertiary/aromatic N) is 5. The Kier molecular flexibility index (Phi) is 5.39. The summed E-state index contributed by atoms with van der Waals surface area (Å²) >= 11 is 6.98. The highest BCUT2D eigenvalue weighted by Crippen LogP contribution is 2.37. The molecule has 6 nitrogen and oxygen atoms in total.